The van der Waals surface area contributed by atoms with Crippen molar-refractivity contribution in [3.8, 4) is 11.6 Å². The first-order valence-electron chi connectivity index (χ1n) is 9.97. The third kappa shape index (κ3) is 6.17. The Morgan fingerprint density at radius 2 is 1.88 bits per heavy atom. The Balaban J connectivity index is 1.34. The maximum absolute atomic E-state index is 12.3. The summed E-state index contributed by atoms with van der Waals surface area (Å²) in [7, 11) is -3.64. The van der Waals surface area contributed by atoms with Gasteiger partial charge >= 0.3 is 0 Å². The van der Waals surface area contributed by atoms with Crippen LogP contribution in [-0.4, -0.2) is 42.4 Å². The van der Waals surface area contributed by atoms with E-state index in [1.54, 1.807) is 24.3 Å². The Morgan fingerprint density at radius 3 is 2.65 bits per heavy atom. The molecule has 0 saturated carbocycles. The first-order valence-corrected chi connectivity index (χ1v) is 12.6. The molecule has 0 unspecified atom stereocenters. The maximum Gasteiger partial charge on any atom is 0.240 e. The highest BCUT2D eigenvalue weighted by atomic mass is 35.5. The Hall–Kier alpha value is -3.32. The summed E-state index contributed by atoms with van der Waals surface area (Å²) in [4.78, 5) is 24.1. The van der Waals surface area contributed by atoms with Gasteiger partial charge in [-0.05, 0) is 36.4 Å². The molecule has 34 heavy (non-hydrogen) atoms. The van der Waals surface area contributed by atoms with Crippen LogP contribution in [0.3, 0.4) is 0 Å². The van der Waals surface area contributed by atoms with E-state index in [1.807, 2.05) is 0 Å². The molecule has 176 valence electrons. The fourth-order valence-corrected chi connectivity index (χ4v) is 4.93. The summed E-state index contributed by atoms with van der Waals surface area (Å²) in [6.07, 6.45) is 1.53. The van der Waals surface area contributed by atoms with E-state index in [0.29, 0.717) is 21.8 Å². The van der Waals surface area contributed by atoms with E-state index < -0.39 is 10.0 Å². The highest BCUT2D eigenvalue weighted by molar-refractivity contribution is 7.89. The number of carbonyl (C=O) groups excluding carboxylic acids is 1. The monoisotopic (exact) mass is 518 g/mol. The summed E-state index contributed by atoms with van der Waals surface area (Å²) < 4.78 is 33.8. The van der Waals surface area contributed by atoms with Crippen LogP contribution in [0.15, 0.2) is 59.6 Å². The second-order valence-electron chi connectivity index (χ2n) is 6.93. The highest BCUT2D eigenvalue weighted by Gasteiger charge is 2.13. The molecule has 0 atom stereocenters. The topological polar surface area (TPSA) is 135 Å². The zero-order chi connectivity index (χ0) is 24.1. The van der Waals surface area contributed by atoms with Crippen molar-refractivity contribution in [2.24, 2.45) is 0 Å². The summed E-state index contributed by atoms with van der Waals surface area (Å²) in [5, 5.41) is 6.60. The molecule has 2 aromatic heterocycles. The summed E-state index contributed by atoms with van der Waals surface area (Å²) in [5.74, 6) is 0.959. The fourth-order valence-electron chi connectivity index (χ4n) is 2.83. The van der Waals surface area contributed by atoms with Gasteiger partial charge in [-0.2, -0.15) is 4.98 Å². The summed E-state index contributed by atoms with van der Waals surface area (Å²) in [6.45, 7) is 1.81. The quantitative estimate of drug-likeness (QED) is 0.284. The average molecular weight is 519 g/mol. The lowest BCUT2D eigenvalue weighted by Gasteiger charge is -2.09. The first-order chi connectivity index (χ1) is 16.3. The van der Waals surface area contributed by atoms with Crippen LogP contribution in [0.1, 0.15) is 6.92 Å². The molecule has 1 amide bonds. The van der Waals surface area contributed by atoms with E-state index in [-0.39, 0.29) is 29.8 Å². The molecule has 2 aromatic carbocycles. The largest absolute Gasteiger partial charge is 0.439 e. The molecule has 0 fully saturated rings. The maximum atomic E-state index is 12.3. The number of amides is 1. The lowest BCUT2D eigenvalue weighted by atomic mass is 10.3. The number of anilines is 2. The van der Waals surface area contributed by atoms with Crippen LogP contribution in [-0.2, 0) is 14.8 Å². The standard InChI is InChI=1S/C21H19ClN6O4S2/c1-13(29)26-21-27-17-7-4-15(12-18(17)33-21)32-19-8-9-23-20(28-19)24-10-11-25-34(30,31)16-5-2-14(22)3-6-16/h2-9,12,25H,10-11H2,1H3,(H,23,24,28)(H,26,27,29). The summed E-state index contributed by atoms with van der Waals surface area (Å²) in [5.41, 5.74) is 0.743. The van der Waals surface area contributed by atoms with Gasteiger partial charge in [-0.15, -0.1) is 0 Å². The summed E-state index contributed by atoms with van der Waals surface area (Å²) >= 11 is 7.14. The molecule has 4 aromatic rings. The van der Waals surface area contributed by atoms with Gasteiger partial charge in [0.1, 0.15) is 5.75 Å². The molecular weight excluding hydrogens is 500 g/mol. The van der Waals surface area contributed by atoms with Gasteiger partial charge in [-0.1, -0.05) is 22.9 Å². The SMILES string of the molecule is CC(=O)Nc1nc2ccc(Oc3ccnc(NCCNS(=O)(=O)c4ccc(Cl)cc4)n3)cc2s1. The predicted molar refractivity (Wildman–Crippen MR) is 131 cm³/mol. The molecular formula is C21H19ClN6O4S2. The molecule has 4 rings (SSSR count). The number of thiazole rings is 1. The zero-order valence-corrected chi connectivity index (χ0v) is 20.2. The molecule has 0 aliphatic carbocycles. The van der Waals surface area contributed by atoms with Gasteiger partial charge in [0.15, 0.2) is 5.13 Å². The highest BCUT2D eigenvalue weighted by Crippen LogP contribution is 2.31. The predicted octanol–water partition coefficient (Wildman–Crippen LogP) is 3.88. The molecule has 0 aliphatic rings. The number of carbonyl (C=O) groups is 1. The normalized spacial score (nSPS) is 11.4. The zero-order valence-electron chi connectivity index (χ0n) is 17.8. The van der Waals surface area contributed by atoms with Crippen molar-refractivity contribution < 1.29 is 17.9 Å². The van der Waals surface area contributed by atoms with Gasteiger partial charge in [0.25, 0.3) is 0 Å². The Bertz CT molecular complexity index is 1430. The van der Waals surface area contributed by atoms with Crippen LogP contribution in [0.5, 0.6) is 11.6 Å². The third-order valence-electron chi connectivity index (χ3n) is 4.32. The van der Waals surface area contributed by atoms with Crippen LogP contribution >= 0.6 is 22.9 Å². The molecule has 2 heterocycles. The Kier molecular flexibility index (Phi) is 7.22. The van der Waals surface area contributed by atoms with E-state index >= 15 is 0 Å². The minimum absolute atomic E-state index is 0.123. The van der Waals surface area contributed by atoms with Crippen molar-refractivity contribution in [3.05, 3.63) is 59.8 Å². The van der Waals surface area contributed by atoms with Crippen molar-refractivity contribution >= 4 is 60.2 Å². The van der Waals surface area contributed by atoms with Gasteiger partial charge in [0.05, 0.1) is 15.1 Å². The van der Waals surface area contributed by atoms with Crippen LogP contribution in [0.25, 0.3) is 10.2 Å². The second-order valence-corrected chi connectivity index (χ2v) is 10.2. The van der Waals surface area contributed by atoms with E-state index in [1.165, 1.54) is 48.7 Å². The Morgan fingerprint density at radius 1 is 1.09 bits per heavy atom. The van der Waals surface area contributed by atoms with Gasteiger partial charge in [-0.3, -0.25) is 4.79 Å². The number of halogens is 1. The second kappa shape index (κ2) is 10.3. The van der Waals surface area contributed by atoms with E-state index in [2.05, 4.69) is 30.3 Å². The van der Waals surface area contributed by atoms with Crippen LogP contribution < -0.4 is 20.1 Å². The molecule has 0 saturated heterocycles. The van der Waals surface area contributed by atoms with Gasteiger partial charge in [-0.25, -0.2) is 23.1 Å². The number of aromatic nitrogens is 3. The summed E-state index contributed by atoms with van der Waals surface area (Å²) in [6, 6.07) is 12.9. The Labute approximate surface area is 204 Å². The molecule has 10 nitrogen and oxygen atoms in total. The minimum Gasteiger partial charge on any atom is -0.439 e. The minimum atomic E-state index is -3.64. The van der Waals surface area contributed by atoms with Crippen molar-refractivity contribution in [2.75, 3.05) is 23.7 Å². The van der Waals surface area contributed by atoms with Crippen molar-refractivity contribution in [1.29, 1.82) is 0 Å². The van der Waals surface area contributed by atoms with E-state index in [0.717, 1.165) is 10.2 Å². The molecule has 0 aliphatic heterocycles. The number of hydrogen-bond acceptors (Lipinski definition) is 9. The fraction of sp³-hybridized carbons (Fsp3) is 0.143. The number of nitrogens with one attached hydrogen (secondary N) is 3. The first kappa shape index (κ1) is 23.8. The number of sulfonamides is 1. The van der Waals surface area contributed by atoms with Crippen molar-refractivity contribution in [3.63, 3.8) is 0 Å². The molecule has 0 spiro atoms. The van der Waals surface area contributed by atoms with Crippen LogP contribution in [0.2, 0.25) is 5.02 Å². The number of nitrogens with zero attached hydrogens (tertiary/aromatic N) is 3. The third-order valence-corrected chi connectivity index (χ3v) is 6.98. The van der Waals surface area contributed by atoms with Gasteiger partial charge < -0.3 is 15.4 Å². The van der Waals surface area contributed by atoms with Gasteiger partial charge in [0, 0.05) is 43.4 Å². The van der Waals surface area contributed by atoms with Gasteiger partial charge in [0.2, 0.25) is 27.8 Å². The van der Waals surface area contributed by atoms with Crippen LogP contribution in [0, 0.1) is 0 Å². The van der Waals surface area contributed by atoms with E-state index in [4.69, 9.17) is 16.3 Å². The van der Waals surface area contributed by atoms with E-state index in [9.17, 15) is 13.2 Å². The average Bonchev–Trinajstić information content (AvgIpc) is 3.18. The lowest BCUT2D eigenvalue weighted by Crippen LogP contribution is -2.29. The molecule has 3 N–H and O–H groups in total. The van der Waals surface area contributed by atoms with Crippen molar-refractivity contribution in [1.82, 2.24) is 19.7 Å². The number of rotatable bonds is 9. The molecule has 0 radical (unpaired) electrons. The van der Waals surface area contributed by atoms with Crippen molar-refractivity contribution in [2.45, 2.75) is 11.8 Å². The smallest absolute Gasteiger partial charge is 0.240 e. The lowest BCUT2D eigenvalue weighted by molar-refractivity contribution is -0.114. The number of hydrogen-bond donors (Lipinski definition) is 3. The number of fused-ring (bicyclic) bond motifs is 1. The number of ether oxygens (including phenoxy) is 1. The van der Waals surface area contributed by atoms with Crippen LogP contribution in [0.4, 0.5) is 11.1 Å². The number of benzene rings is 2. The molecule has 0 bridgehead atoms. The molecule has 13 heteroatoms.